The van der Waals surface area contributed by atoms with E-state index >= 15 is 0 Å². The summed E-state index contributed by atoms with van der Waals surface area (Å²) in [5.74, 6) is 0.177. The Labute approximate surface area is 141 Å². The lowest BCUT2D eigenvalue weighted by atomic mass is 9.88. The van der Waals surface area contributed by atoms with Gasteiger partial charge >= 0.3 is 0 Å². The number of aromatic nitrogens is 2. The van der Waals surface area contributed by atoms with Gasteiger partial charge in [-0.15, -0.1) is 0 Å². The second-order valence-electron chi connectivity index (χ2n) is 6.41. The summed E-state index contributed by atoms with van der Waals surface area (Å²) >= 11 is 0. The van der Waals surface area contributed by atoms with E-state index in [1.165, 1.54) is 10.2 Å². The molecule has 3 heterocycles. The number of hydrogen-bond acceptors (Lipinski definition) is 5. The van der Waals surface area contributed by atoms with E-state index < -0.39 is 0 Å². The molecule has 1 atom stereocenters. The number of rotatable bonds is 2. The van der Waals surface area contributed by atoms with Crippen molar-refractivity contribution in [2.75, 3.05) is 24.2 Å². The van der Waals surface area contributed by atoms with Crippen molar-refractivity contribution in [1.29, 1.82) is 0 Å². The predicted molar refractivity (Wildman–Crippen MR) is 92.3 cm³/mol. The molecule has 0 radical (unpaired) electrons. The SMILES string of the molecule is CCc1ccc2c(c1)C(C(=O)n1nc3c(c1N)COCC3)CCN2. The lowest BCUT2D eigenvalue weighted by Crippen LogP contribution is -2.28. The first kappa shape index (κ1) is 15.2. The van der Waals surface area contributed by atoms with Crippen LogP contribution >= 0.6 is 0 Å². The molecule has 6 nitrogen and oxygen atoms in total. The van der Waals surface area contributed by atoms with Crippen LogP contribution in [0.4, 0.5) is 11.5 Å². The Morgan fingerprint density at radius 1 is 1.50 bits per heavy atom. The molecule has 126 valence electrons. The van der Waals surface area contributed by atoms with E-state index in [1.54, 1.807) is 0 Å². The van der Waals surface area contributed by atoms with Crippen LogP contribution in [0.1, 0.15) is 46.4 Å². The van der Waals surface area contributed by atoms with Gasteiger partial charge < -0.3 is 15.8 Å². The zero-order chi connectivity index (χ0) is 16.7. The Bertz CT molecular complexity index is 797. The van der Waals surface area contributed by atoms with E-state index in [1.807, 2.05) is 0 Å². The van der Waals surface area contributed by atoms with Gasteiger partial charge in [-0.05, 0) is 30.0 Å². The van der Waals surface area contributed by atoms with Crippen molar-refractivity contribution in [1.82, 2.24) is 9.78 Å². The lowest BCUT2D eigenvalue weighted by Gasteiger charge is -2.26. The van der Waals surface area contributed by atoms with Crippen LogP contribution in [-0.2, 0) is 24.2 Å². The summed E-state index contributed by atoms with van der Waals surface area (Å²) in [6.07, 6.45) is 2.41. The largest absolute Gasteiger partial charge is 0.385 e. The molecule has 6 heteroatoms. The number of nitrogen functional groups attached to an aromatic ring is 1. The molecular formula is C18H22N4O2. The quantitative estimate of drug-likeness (QED) is 0.885. The first-order valence-corrected chi connectivity index (χ1v) is 8.54. The maximum Gasteiger partial charge on any atom is 0.256 e. The minimum atomic E-state index is -0.211. The highest BCUT2D eigenvalue weighted by molar-refractivity contribution is 5.90. The summed E-state index contributed by atoms with van der Waals surface area (Å²) in [5.41, 5.74) is 11.3. The third-order valence-corrected chi connectivity index (χ3v) is 4.99. The van der Waals surface area contributed by atoms with E-state index in [4.69, 9.17) is 10.5 Å². The van der Waals surface area contributed by atoms with Gasteiger partial charge in [-0.2, -0.15) is 9.78 Å². The smallest absolute Gasteiger partial charge is 0.256 e. The van der Waals surface area contributed by atoms with Gasteiger partial charge in [0.25, 0.3) is 5.91 Å². The number of nitrogens with one attached hydrogen (secondary N) is 1. The number of nitrogens with zero attached hydrogens (tertiary/aromatic N) is 2. The highest BCUT2D eigenvalue weighted by Gasteiger charge is 2.31. The van der Waals surface area contributed by atoms with Crippen LogP contribution in [0.15, 0.2) is 18.2 Å². The van der Waals surface area contributed by atoms with Gasteiger partial charge in [0.05, 0.1) is 24.8 Å². The Morgan fingerprint density at radius 2 is 2.38 bits per heavy atom. The molecule has 2 aromatic rings. The molecular weight excluding hydrogens is 304 g/mol. The van der Waals surface area contributed by atoms with Gasteiger partial charge in [-0.1, -0.05) is 19.1 Å². The van der Waals surface area contributed by atoms with Gasteiger partial charge in [-0.25, -0.2) is 0 Å². The van der Waals surface area contributed by atoms with Crippen molar-refractivity contribution < 1.29 is 9.53 Å². The van der Waals surface area contributed by atoms with E-state index in [2.05, 4.69) is 35.5 Å². The fourth-order valence-electron chi connectivity index (χ4n) is 3.57. The van der Waals surface area contributed by atoms with Crippen molar-refractivity contribution in [2.24, 2.45) is 0 Å². The summed E-state index contributed by atoms with van der Waals surface area (Å²) in [7, 11) is 0. The molecule has 1 aromatic heterocycles. The zero-order valence-electron chi connectivity index (χ0n) is 13.8. The maximum absolute atomic E-state index is 13.2. The number of carbonyl (C=O) groups excluding carboxylic acids is 1. The average Bonchev–Trinajstić information content (AvgIpc) is 2.97. The predicted octanol–water partition coefficient (Wildman–Crippen LogP) is 2.34. The molecule has 0 saturated heterocycles. The van der Waals surface area contributed by atoms with Gasteiger partial charge in [-0.3, -0.25) is 4.79 Å². The van der Waals surface area contributed by atoms with E-state index in [9.17, 15) is 4.79 Å². The molecule has 0 amide bonds. The van der Waals surface area contributed by atoms with Crippen LogP contribution in [0.2, 0.25) is 0 Å². The van der Waals surface area contributed by atoms with Crippen molar-refractivity contribution in [3.8, 4) is 0 Å². The molecule has 0 bridgehead atoms. The van der Waals surface area contributed by atoms with Crippen LogP contribution in [0.3, 0.4) is 0 Å². The molecule has 1 unspecified atom stereocenters. The van der Waals surface area contributed by atoms with E-state index in [-0.39, 0.29) is 11.8 Å². The van der Waals surface area contributed by atoms with Gasteiger partial charge in [0.1, 0.15) is 5.82 Å². The minimum absolute atomic E-state index is 0.0436. The van der Waals surface area contributed by atoms with Gasteiger partial charge in [0, 0.05) is 24.2 Å². The van der Waals surface area contributed by atoms with E-state index in [0.29, 0.717) is 25.5 Å². The van der Waals surface area contributed by atoms with Crippen molar-refractivity contribution in [3.05, 3.63) is 40.6 Å². The lowest BCUT2D eigenvalue weighted by molar-refractivity contribution is 0.0859. The molecule has 2 aliphatic heterocycles. The Hall–Kier alpha value is -2.34. The number of carbonyl (C=O) groups is 1. The third kappa shape index (κ3) is 2.38. The summed E-state index contributed by atoms with van der Waals surface area (Å²) < 4.78 is 6.85. The standard InChI is InChI=1S/C18H22N4O2/c1-2-11-3-4-15-13(9-11)12(5-7-20-15)18(23)22-17(19)14-10-24-8-6-16(14)21-22/h3-4,9,12,20H,2,5-8,10,19H2,1H3. The average molecular weight is 326 g/mol. The maximum atomic E-state index is 13.2. The number of hydrogen-bond donors (Lipinski definition) is 2. The first-order valence-electron chi connectivity index (χ1n) is 8.54. The van der Waals surface area contributed by atoms with Crippen LogP contribution < -0.4 is 11.1 Å². The molecule has 3 N–H and O–H groups in total. The Balaban J connectivity index is 1.73. The number of ether oxygens (including phenoxy) is 1. The molecule has 4 rings (SSSR count). The number of benzene rings is 1. The fraction of sp³-hybridized carbons (Fsp3) is 0.444. The second kappa shape index (κ2) is 5.94. The van der Waals surface area contributed by atoms with Crippen LogP contribution in [0.5, 0.6) is 0 Å². The highest BCUT2D eigenvalue weighted by Crippen LogP contribution is 2.35. The molecule has 1 aromatic carbocycles. The molecule has 0 saturated carbocycles. The van der Waals surface area contributed by atoms with Crippen molar-refractivity contribution in [3.63, 3.8) is 0 Å². The van der Waals surface area contributed by atoms with Crippen molar-refractivity contribution in [2.45, 2.75) is 38.7 Å². The minimum Gasteiger partial charge on any atom is -0.385 e. The normalized spacial score (nSPS) is 19.3. The number of nitrogens with two attached hydrogens (primary N) is 1. The summed E-state index contributed by atoms with van der Waals surface area (Å²) in [5, 5.41) is 7.86. The molecule has 0 fully saturated rings. The zero-order valence-corrected chi connectivity index (χ0v) is 13.8. The van der Waals surface area contributed by atoms with E-state index in [0.717, 1.165) is 41.9 Å². The highest BCUT2D eigenvalue weighted by atomic mass is 16.5. The molecule has 0 spiro atoms. The van der Waals surface area contributed by atoms with Crippen LogP contribution in [0, 0.1) is 0 Å². The van der Waals surface area contributed by atoms with Crippen molar-refractivity contribution >= 4 is 17.4 Å². The monoisotopic (exact) mass is 326 g/mol. The first-order chi connectivity index (χ1) is 11.7. The molecule has 24 heavy (non-hydrogen) atoms. The van der Waals surface area contributed by atoms with Gasteiger partial charge in [0.15, 0.2) is 0 Å². The molecule has 0 aliphatic carbocycles. The summed E-state index contributed by atoms with van der Waals surface area (Å²) in [6.45, 7) is 3.97. The topological polar surface area (TPSA) is 82.2 Å². The van der Waals surface area contributed by atoms with Gasteiger partial charge in [0.2, 0.25) is 0 Å². The summed E-state index contributed by atoms with van der Waals surface area (Å²) in [4.78, 5) is 13.2. The van der Waals surface area contributed by atoms with Crippen LogP contribution in [0.25, 0.3) is 0 Å². The fourth-order valence-corrected chi connectivity index (χ4v) is 3.57. The number of fused-ring (bicyclic) bond motifs is 2. The number of aryl methyl sites for hydroxylation is 1. The second-order valence-corrected chi connectivity index (χ2v) is 6.41. The molecule has 2 aliphatic rings. The third-order valence-electron chi connectivity index (χ3n) is 4.99. The summed E-state index contributed by atoms with van der Waals surface area (Å²) in [6, 6.07) is 6.31. The Kier molecular flexibility index (Phi) is 3.76. The number of anilines is 2. The van der Waals surface area contributed by atoms with Crippen LogP contribution in [-0.4, -0.2) is 28.8 Å². The Morgan fingerprint density at radius 3 is 3.17 bits per heavy atom.